The molecule has 1 aromatic rings. The first-order chi connectivity index (χ1) is 14.3. The smallest absolute Gasteiger partial charge is 0.127 e. The summed E-state index contributed by atoms with van der Waals surface area (Å²) in [5.41, 5.74) is 6.13. The SMILES string of the molecule is C=C/C(=C\C(=C(C)C)/C(=C\C(=C)C(=C)C)OCC)OCc1cccc(CBr)c1.CC. The molecule has 0 spiro atoms. The summed E-state index contributed by atoms with van der Waals surface area (Å²) < 4.78 is 11.9. The average Bonchev–Trinajstić information content (AvgIpc) is 2.74. The van der Waals surface area contributed by atoms with Gasteiger partial charge in [0.25, 0.3) is 0 Å². The average molecular weight is 473 g/mol. The highest BCUT2D eigenvalue weighted by Crippen LogP contribution is 2.23. The lowest BCUT2D eigenvalue weighted by molar-refractivity contribution is 0.209. The van der Waals surface area contributed by atoms with Crippen LogP contribution < -0.4 is 0 Å². The minimum absolute atomic E-state index is 0.473. The molecule has 0 heterocycles. The maximum atomic E-state index is 6.01. The fraction of sp³-hybridized carbons (Fsp3) is 0.333. The van der Waals surface area contributed by atoms with Crippen LogP contribution >= 0.6 is 15.9 Å². The van der Waals surface area contributed by atoms with E-state index in [1.54, 1.807) is 6.08 Å². The zero-order valence-electron chi connectivity index (χ0n) is 19.5. The summed E-state index contributed by atoms with van der Waals surface area (Å²) in [6.07, 6.45) is 5.60. The summed E-state index contributed by atoms with van der Waals surface area (Å²) in [5, 5.41) is 0.821. The van der Waals surface area contributed by atoms with Crippen molar-refractivity contribution in [1.29, 1.82) is 0 Å². The molecule has 0 atom stereocenters. The second kappa shape index (κ2) is 15.6. The van der Waals surface area contributed by atoms with Gasteiger partial charge in [-0.3, -0.25) is 0 Å². The normalized spacial score (nSPS) is 11.0. The van der Waals surface area contributed by atoms with Gasteiger partial charge in [0.05, 0.1) is 6.61 Å². The predicted molar refractivity (Wildman–Crippen MR) is 136 cm³/mol. The van der Waals surface area contributed by atoms with Crippen LogP contribution in [0.3, 0.4) is 0 Å². The van der Waals surface area contributed by atoms with Crippen LogP contribution in [0.5, 0.6) is 0 Å². The summed E-state index contributed by atoms with van der Waals surface area (Å²) in [6.45, 7) is 24.9. The molecule has 0 amide bonds. The zero-order valence-corrected chi connectivity index (χ0v) is 21.1. The van der Waals surface area contributed by atoms with Gasteiger partial charge in [-0.05, 0) is 62.6 Å². The van der Waals surface area contributed by atoms with Crippen molar-refractivity contribution in [3.8, 4) is 0 Å². The van der Waals surface area contributed by atoms with E-state index in [1.165, 1.54) is 5.56 Å². The molecule has 3 heteroatoms. The molecule has 0 aromatic heterocycles. The van der Waals surface area contributed by atoms with Gasteiger partial charge in [-0.15, -0.1) is 0 Å². The first-order valence-electron chi connectivity index (χ1n) is 10.3. The van der Waals surface area contributed by atoms with Crippen molar-refractivity contribution >= 4 is 15.9 Å². The first-order valence-corrected chi connectivity index (χ1v) is 11.4. The molecule has 0 saturated carbocycles. The van der Waals surface area contributed by atoms with Crippen molar-refractivity contribution in [2.75, 3.05) is 6.61 Å². The van der Waals surface area contributed by atoms with E-state index in [0.29, 0.717) is 19.0 Å². The van der Waals surface area contributed by atoms with Crippen LogP contribution in [0.25, 0.3) is 0 Å². The first kappa shape index (κ1) is 27.7. The number of hydrogen-bond donors (Lipinski definition) is 0. The molecule has 0 aliphatic rings. The Morgan fingerprint density at radius 3 is 2.17 bits per heavy atom. The quantitative estimate of drug-likeness (QED) is 0.182. The largest absolute Gasteiger partial charge is 0.493 e. The summed E-state index contributed by atoms with van der Waals surface area (Å²) in [6, 6.07) is 8.29. The molecule has 0 aliphatic carbocycles. The molecule has 0 aliphatic heterocycles. The lowest BCUT2D eigenvalue weighted by Crippen LogP contribution is -2.00. The Labute approximate surface area is 192 Å². The summed E-state index contributed by atoms with van der Waals surface area (Å²) in [4.78, 5) is 0. The minimum atomic E-state index is 0.473. The van der Waals surface area contributed by atoms with Crippen LogP contribution in [0.4, 0.5) is 0 Å². The lowest BCUT2D eigenvalue weighted by Gasteiger charge is -2.15. The number of rotatable bonds is 11. The van der Waals surface area contributed by atoms with Crippen molar-refractivity contribution in [3.63, 3.8) is 0 Å². The maximum absolute atomic E-state index is 6.01. The second-order valence-corrected chi connectivity index (χ2v) is 7.21. The molecular weight excluding hydrogens is 436 g/mol. The molecule has 0 N–H and O–H groups in total. The van der Waals surface area contributed by atoms with E-state index < -0.39 is 0 Å². The van der Waals surface area contributed by atoms with Crippen LogP contribution in [-0.2, 0) is 21.4 Å². The Hall–Kier alpha value is -2.26. The van der Waals surface area contributed by atoms with E-state index in [0.717, 1.165) is 38.9 Å². The van der Waals surface area contributed by atoms with E-state index in [4.69, 9.17) is 9.47 Å². The molecule has 164 valence electrons. The highest BCUT2D eigenvalue weighted by atomic mass is 79.9. The predicted octanol–water partition coefficient (Wildman–Crippen LogP) is 8.58. The van der Waals surface area contributed by atoms with Gasteiger partial charge in [-0.1, -0.05) is 84.9 Å². The van der Waals surface area contributed by atoms with Crippen molar-refractivity contribution in [1.82, 2.24) is 0 Å². The monoisotopic (exact) mass is 472 g/mol. The number of allylic oxidation sites excluding steroid dienone is 6. The molecule has 0 fully saturated rings. The van der Waals surface area contributed by atoms with Gasteiger partial charge in [0.15, 0.2) is 0 Å². The third-order valence-corrected chi connectivity index (χ3v) is 4.64. The third-order valence-electron chi connectivity index (χ3n) is 4.00. The van der Waals surface area contributed by atoms with Crippen LogP contribution in [0.15, 0.2) is 96.0 Å². The van der Waals surface area contributed by atoms with Crippen LogP contribution in [0.1, 0.15) is 52.7 Å². The van der Waals surface area contributed by atoms with E-state index in [9.17, 15) is 0 Å². The van der Waals surface area contributed by atoms with Gasteiger partial charge in [-0.25, -0.2) is 0 Å². The molecule has 1 aromatic carbocycles. The fourth-order valence-electron chi connectivity index (χ4n) is 2.37. The fourth-order valence-corrected chi connectivity index (χ4v) is 2.72. The van der Waals surface area contributed by atoms with Crippen molar-refractivity contribution < 1.29 is 9.47 Å². The number of ether oxygens (including phenoxy) is 2. The van der Waals surface area contributed by atoms with Crippen LogP contribution in [0.2, 0.25) is 0 Å². The highest BCUT2D eigenvalue weighted by Gasteiger charge is 2.09. The Balaban J connectivity index is 0.00000407. The van der Waals surface area contributed by atoms with Crippen LogP contribution in [0, 0.1) is 0 Å². The second-order valence-electron chi connectivity index (χ2n) is 6.65. The minimum Gasteiger partial charge on any atom is -0.493 e. The molecule has 2 nitrogen and oxygen atoms in total. The molecular formula is C27H37BrO2. The van der Waals surface area contributed by atoms with Crippen molar-refractivity contribution in [2.45, 2.75) is 53.5 Å². The van der Waals surface area contributed by atoms with Gasteiger partial charge in [0, 0.05) is 10.9 Å². The number of benzene rings is 1. The van der Waals surface area contributed by atoms with Gasteiger partial charge >= 0.3 is 0 Å². The maximum Gasteiger partial charge on any atom is 0.127 e. The van der Waals surface area contributed by atoms with Gasteiger partial charge in [0.2, 0.25) is 0 Å². The van der Waals surface area contributed by atoms with E-state index in [-0.39, 0.29) is 0 Å². The molecule has 0 bridgehead atoms. The van der Waals surface area contributed by atoms with E-state index in [1.807, 2.05) is 59.8 Å². The zero-order chi connectivity index (χ0) is 23.1. The standard InChI is InChI=1S/C25H31BrO2.C2H6/c1-8-23(28-17-22-12-10-11-21(14-22)16-26)15-24(19(5)6)25(27-9-2)13-20(7)18(3)4;1-2/h8,10-15H,1,3,7,9,16-17H2,2,4-6H3;1-2H3/b23-15+,25-13+;. The Morgan fingerprint density at radius 1 is 1.03 bits per heavy atom. The third kappa shape index (κ3) is 9.98. The topological polar surface area (TPSA) is 18.5 Å². The Bertz CT molecular complexity index is 806. The van der Waals surface area contributed by atoms with Crippen LogP contribution in [-0.4, -0.2) is 6.61 Å². The summed E-state index contributed by atoms with van der Waals surface area (Å²) in [5.74, 6) is 1.44. The number of alkyl halides is 1. The number of halogens is 1. The van der Waals surface area contributed by atoms with E-state index >= 15 is 0 Å². The van der Waals surface area contributed by atoms with E-state index in [2.05, 4.69) is 53.9 Å². The van der Waals surface area contributed by atoms with Gasteiger partial charge < -0.3 is 9.47 Å². The van der Waals surface area contributed by atoms with Crippen molar-refractivity contribution in [3.05, 3.63) is 107 Å². The lowest BCUT2D eigenvalue weighted by atomic mass is 10.0. The molecule has 30 heavy (non-hydrogen) atoms. The van der Waals surface area contributed by atoms with Crippen molar-refractivity contribution in [2.24, 2.45) is 0 Å². The molecule has 0 saturated heterocycles. The molecule has 0 unspecified atom stereocenters. The Morgan fingerprint density at radius 2 is 1.67 bits per heavy atom. The summed E-state index contributed by atoms with van der Waals surface area (Å²) in [7, 11) is 0. The summed E-state index contributed by atoms with van der Waals surface area (Å²) >= 11 is 3.49. The Kier molecular flexibility index (Phi) is 14.4. The van der Waals surface area contributed by atoms with Gasteiger partial charge in [0.1, 0.15) is 18.1 Å². The van der Waals surface area contributed by atoms with Gasteiger partial charge in [-0.2, -0.15) is 0 Å². The highest BCUT2D eigenvalue weighted by molar-refractivity contribution is 9.08. The number of hydrogen-bond acceptors (Lipinski definition) is 2. The molecule has 0 radical (unpaired) electrons. The molecule has 1 rings (SSSR count).